The van der Waals surface area contributed by atoms with E-state index >= 15 is 0 Å². The standard InChI is InChI=1S/C26H38B3NO/c1-14-11-15(2)13-16(12-14)23(31)30-10-9-17-20(27)18-19(22(29)21(17)28)25(5,6)26(7,8)24(18,3)4/h11-13H,9-10,27-29H2,1-8H3,(H,30,31). The lowest BCUT2D eigenvalue weighted by atomic mass is 9.58. The van der Waals surface area contributed by atoms with Crippen molar-refractivity contribution in [1.29, 1.82) is 0 Å². The Bertz CT molecular complexity index is 1050. The predicted molar refractivity (Wildman–Crippen MR) is 143 cm³/mol. The number of carbonyl (C=O) groups is 1. The summed E-state index contributed by atoms with van der Waals surface area (Å²) in [6.45, 7) is 19.2. The molecule has 2 aromatic rings. The summed E-state index contributed by atoms with van der Waals surface area (Å²) in [6, 6.07) is 6.03. The van der Waals surface area contributed by atoms with Crippen molar-refractivity contribution >= 4 is 45.8 Å². The minimum atomic E-state index is 0.0163. The fourth-order valence-electron chi connectivity index (χ4n) is 6.07. The third kappa shape index (κ3) is 3.49. The van der Waals surface area contributed by atoms with Crippen LogP contribution >= 0.6 is 0 Å². The van der Waals surface area contributed by atoms with Crippen LogP contribution in [0, 0.1) is 19.3 Å². The predicted octanol–water partition coefficient (Wildman–Crippen LogP) is 0.646. The van der Waals surface area contributed by atoms with Gasteiger partial charge in [-0.3, -0.25) is 4.79 Å². The Balaban J connectivity index is 1.93. The van der Waals surface area contributed by atoms with Crippen molar-refractivity contribution in [3.8, 4) is 0 Å². The number of fused-ring (bicyclic) bond motifs is 1. The van der Waals surface area contributed by atoms with Crippen molar-refractivity contribution < 1.29 is 4.79 Å². The smallest absolute Gasteiger partial charge is 0.251 e. The van der Waals surface area contributed by atoms with Gasteiger partial charge in [0.15, 0.2) is 0 Å². The van der Waals surface area contributed by atoms with Crippen molar-refractivity contribution in [3.05, 3.63) is 51.6 Å². The molecule has 0 saturated heterocycles. The van der Waals surface area contributed by atoms with Crippen LogP contribution in [0.15, 0.2) is 18.2 Å². The molecule has 1 aliphatic rings. The summed E-state index contributed by atoms with van der Waals surface area (Å²) in [6.07, 6.45) is 0.860. The molecule has 31 heavy (non-hydrogen) atoms. The molecule has 1 amide bonds. The van der Waals surface area contributed by atoms with E-state index in [0.717, 1.165) is 23.1 Å². The van der Waals surface area contributed by atoms with Crippen LogP contribution < -0.4 is 21.7 Å². The molecule has 0 radical (unpaired) electrons. The molecule has 0 fully saturated rings. The van der Waals surface area contributed by atoms with E-state index in [2.05, 4.69) is 76.5 Å². The summed E-state index contributed by atoms with van der Waals surface area (Å²) < 4.78 is 0. The average Bonchev–Trinajstić information content (AvgIpc) is 2.75. The fraction of sp³-hybridized carbons (Fsp3) is 0.500. The summed E-state index contributed by atoms with van der Waals surface area (Å²) in [5.41, 5.74) is 12.1. The number of rotatable bonds is 4. The van der Waals surface area contributed by atoms with Crippen molar-refractivity contribution in [2.75, 3.05) is 6.54 Å². The van der Waals surface area contributed by atoms with Gasteiger partial charge >= 0.3 is 0 Å². The third-order valence-corrected chi connectivity index (χ3v) is 8.99. The topological polar surface area (TPSA) is 29.1 Å². The second-order valence-electron chi connectivity index (χ2n) is 11.4. The minimum Gasteiger partial charge on any atom is -0.352 e. The number of carbonyl (C=O) groups excluding carboxylic acids is 1. The van der Waals surface area contributed by atoms with Crippen LogP contribution in [-0.4, -0.2) is 36.0 Å². The molecule has 0 unspecified atom stereocenters. The maximum Gasteiger partial charge on any atom is 0.251 e. The first-order valence-corrected chi connectivity index (χ1v) is 11.6. The van der Waals surface area contributed by atoms with Crippen LogP contribution in [-0.2, 0) is 17.3 Å². The Morgan fingerprint density at radius 2 is 1.29 bits per heavy atom. The van der Waals surface area contributed by atoms with E-state index in [1.54, 1.807) is 5.56 Å². The van der Waals surface area contributed by atoms with Gasteiger partial charge in [0.25, 0.3) is 5.91 Å². The van der Waals surface area contributed by atoms with Crippen LogP contribution in [0.2, 0.25) is 0 Å². The molecule has 0 aromatic heterocycles. The van der Waals surface area contributed by atoms with Crippen LogP contribution in [0.1, 0.15) is 79.7 Å². The summed E-state index contributed by atoms with van der Waals surface area (Å²) in [7, 11) is 6.86. The zero-order valence-corrected chi connectivity index (χ0v) is 21.6. The first-order valence-electron chi connectivity index (χ1n) is 11.6. The van der Waals surface area contributed by atoms with Gasteiger partial charge in [0.1, 0.15) is 23.5 Å². The van der Waals surface area contributed by atoms with Gasteiger partial charge in [0.05, 0.1) is 0 Å². The van der Waals surface area contributed by atoms with Crippen molar-refractivity contribution in [2.24, 2.45) is 5.41 Å². The molecule has 0 heterocycles. The molecular formula is C26H38B3NO. The van der Waals surface area contributed by atoms with Crippen LogP contribution in [0.3, 0.4) is 0 Å². The zero-order chi connectivity index (χ0) is 23.5. The van der Waals surface area contributed by atoms with Gasteiger partial charge in [0, 0.05) is 12.1 Å². The Hall–Kier alpha value is -1.90. The van der Waals surface area contributed by atoms with Gasteiger partial charge in [-0.2, -0.15) is 0 Å². The Kier molecular flexibility index (Phi) is 5.83. The average molecular weight is 413 g/mol. The van der Waals surface area contributed by atoms with E-state index in [4.69, 9.17) is 0 Å². The summed E-state index contributed by atoms with van der Waals surface area (Å²) >= 11 is 0. The molecular weight excluding hydrogens is 375 g/mol. The lowest BCUT2D eigenvalue weighted by Gasteiger charge is -2.45. The van der Waals surface area contributed by atoms with Crippen molar-refractivity contribution in [1.82, 2.24) is 5.32 Å². The molecule has 1 aliphatic carbocycles. The number of amides is 1. The number of benzene rings is 2. The number of aryl methyl sites for hydroxylation is 2. The first kappa shape index (κ1) is 23.8. The first-order chi connectivity index (χ1) is 14.1. The summed E-state index contributed by atoms with van der Waals surface area (Å²) in [4.78, 5) is 12.7. The molecule has 0 bridgehead atoms. The second-order valence-corrected chi connectivity index (χ2v) is 11.4. The SMILES string of the molecule is Bc1c(B)c2c(c(B)c1CCNC(=O)c1cc(C)cc(C)c1)C(C)(C)C(C)(C)C2(C)C. The van der Waals surface area contributed by atoms with Crippen molar-refractivity contribution in [2.45, 2.75) is 72.6 Å². The molecule has 0 atom stereocenters. The normalized spacial score (nSPS) is 17.9. The Morgan fingerprint density at radius 1 is 0.806 bits per heavy atom. The van der Waals surface area contributed by atoms with E-state index < -0.39 is 0 Å². The minimum absolute atomic E-state index is 0.0163. The van der Waals surface area contributed by atoms with E-state index in [9.17, 15) is 4.79 Å². The molecule has 1 N–H and O–H groups in total. The van der Waals surface area contributed by atoms with Crippen LogP contribution in [0.5, 0.6) is 0 Å². The number of hydrogen-bond acceptors (Lipinski definition) is 1. The molecule has 3 rings (SSSR count). The van der Waals surface area contributed by atoms with E-state index in [1.165, 1.54) is 27.5 Å². The molecule has 0 saturated carbocycles. The molecule has 0 aliphatic heterocycles. The van der Waals surface area contributed by atoms with Gasteiger partial charge in [-0.15, -0.1) is 0 Å². The van der Waals surface area contributed by atoms with Gasteiger partial charge in [-0.05, 0) is 59.8 Å². The van der Waals surface area contributed by atoms with Gasteiger partial charge in [-0.25, -0.2) is 0 Å². The van der Waals surface area contributed by atoms with E-state index in [-0.39, 0.29) is 22.2 Å². The highest BCUT2D eigenvalue weighted by Crippen LogP contribution is 2.60. The monoisotopic (exact) mass is 413 g/mol. The highest BCUT2D eigenvalue weighted by molar-refractivity contribution is 6.52. The quantitative estimate of drug-likeness (QED) is 0.734. The second kappa shape index (κ2) is 7.61. The fourth-order valence-corrected chi connectivity index (χ4v) is 6.07. The van der Waals surface area contributed by atoms with Crippen LogP contribution in [0.4, 0.5) is 0 Å². The molecule has 0 spiro atoms. The van der Waals surface area contributed by atoms with E-state index in [1.807, 2.05) is 26.0 Å². The third-order valence-electron chi connectivity index (χ3n) is 8.99. The van der Waals surface area contributed by atoms with Gasteiger partial charge in [-0.1, -0.05) is 80.7 Å². The van der Waals surface area contributed by atoms with Crippen LogP contribution in [0.25, 0.3) is 0 Å². The Labute approximate surface area is 192 Å². The van der Waals surface area contributed by atoms with Crippen molar-refractivity contribution in [3.63, 3.8) is 0 Å². The van der Waals surface area contributed by atoms with Gasteiger partial charge in [0.2, 0.25) is 0 Å². The molecule has 162 valence electrons. The molecule has 2 nitrogen and oxygen atoms in total. The number of nitrogens with one attached hydrogen (secondary N) is 1. The largest absolute Gasteiger partial charge is 0.352 e. The maximum atomic E-state index is 12.7. The van der Waals surface area contributed by atoms with E-state index in [0.29, 0.717) is 6.54 Å². The summed E-state index contributed by atoms with van der Waals surface area (Å²) in [5, 5.41) is 3.16. The highest BCUT2D eigenvalue weighted by Gasteiger charge is 2.57. The van der Waals surface area contributed by atoms with Gasteiger partial charge < -0.3 is 5.32 Å². The number of hydrogen-bond donors (Lipinski definition) is 1. The highest BCUT2D eigenvalue weighted by atomic mass is 16.1. The zero-order valence-electron chi connectivity index (χ0n) is 21.6. The molecule has 2 aromatic carbocycles. The lowest BCUT2D eigenvalue weighted by molar-refractivity contribution is 0.0954. The molecule has 5 heteroatoms. The lowest BCUT2D eigenvalue weighted by Crippen LogP contribution is -2.44. The Morgan fingerprint density at radius 3 is 1.81 bits per heavy atom. The maximum absolute atomic E-state index is 12.7. The summed E-state index contributed by atoms with van der Waals surface area (Å²) in [5.74, 6) is 0.0163.